The lowest BCUT2D eigenvalue weighted by atomic mass is 10.0. The van der Waals surface area contributed by atoms with E-state index in [-0.39, 0.29) is 0 Å². The van der Waals surface area contributed by atoms with Crippen LogP contribution in [0.4, 0.5) is 0 Å². The molecule has 1 aliphatic heterocycles. The smallest absolute Gasteiger partial charge is 0.0477 e. The Morgan fingerprint density at radius 3 is 2.75 bits per heavy atom. The molecule has 3 heteroatoms. The molecule has 104 valence electrons. The van der Waals surface area contributed by atoms with Crippen LogP contribution in [0.5, 0.6) is 0 Å². The van der Waals surface area contributed by atoms with Gasteiger partial charge in [-0.2, -0.15) is 0 Å². The predicted octanol–water partition coefficient (Wildman–Crippen LogP) is 3.53. The maximum Gasteiger partial charge on any atom is 0.0477 e. The first-order valence-electron chi connectivity index (χ1n) is 7.09. The summed E-state index contributed by atoms with van der Waals surface area (Å²) in [6.07, 6.45) is 1.14. The Hall–Kier alpha value is -1.35. The van der Waals surface area contributed by atoms with E-state index in [2.05, 4.69) is 53.1 Å². The van der Waals surface area contributed by atoms with E-state index in [1.807, 2.05) is 12.1 Å². The summed E-state index contributed by atoms with van der Waals surface area (Å²) in [5.41, 5.74) is 2.59. The molecule has 0 radical (unpaired) electrons. The molecule has 2 aromatic carbocycles. The lowest BCUT2D eigenvalue weighted by Gasteiger charge is -2.21. The predicted molar refractivity (Wildman–Crippen MR) is 83.9 cm³/mol. The van der Waals surface area contributed by atoms with E-state index in [9.17, 15) is 0 Å². The fourth-order valence-electron chi connectivity index (χ4n) is 2.82. The van der Waals surface area contributed by atoms with Crippen LogP contribution in [0.3, 0.4) is 0 Å². The molecule has 1 saturated heterocycles. The summed E-state index contributed by atoms with van der Waals surface area (Å²) >= 11 is 6.10. The van der Waals surface area contributed by atoms with Gasteiger partial charge in [0, 0.05) is 23.7 Å². The summed E-state index contributed by atoms with van der Waals surface area (Å²) in [7, 11) is 0. The third-order valence-electron chi connectivity index (χ3n) is 3.84. The molecule has 2 aromatic rings. The van der Waals surface area contributed by atoms with Crippen LogP contribution in [-0.4, -0.2) is 12.6 Å². The third kappa shape index (κ3) is 3.21. The number of rotatable bonds is 4. The van der Waals surface area contributed by atoms with E-state index >= 15 is 0 Å². The molecule has 0 spiro atoms. The van der Waals surface area contributed by atoms with Gasteiger partial charge in [-0.3, -0.25) is 0 Å². The first kappa shape index (κ1) is 13.6. The lowest BCUT2D eigenvalue weighted by Crippen LogP contribution is -2.33. The minimum atomic E-state index is 0.345. The quantitative estimate of drug-likeness (QED) is 0.898. The monoisotopic (exact) mass is 286 g/mol. The molecule has 1 fully saturated rings. The Balaban J connectivity index is 1.67. The zero-order valence-electron chi connectivity index (χ0n) is 11.4. The van der Waals surface area contributed by atoms with Crippen molar-refractivity contribution in [1.29, 1.82) is 0 Å². The second-order valence-electron chi connectivity index (χ2n) is 5.25. The molecule has 2 N–H and O–H groups in total. The van der Waals surface area contributed by atoms with E-state index in [0.29, 0.717) is 12.1 Å². The van der Waals surface area contributed by atoms with Crippen molar-refractivity contribution in [2.75, 3.05) is 6.54 Å². The molecule has 1 aliphatic rings. The van der Waals surface area contributed by atoms with Crippen molar-refractivity contribution in [2.45, 2.75) is 25.0 Å². The largest absolute Gasteiger partial charge is 0.309 e. The standard InChI is InChI=1S/C17H19ClN2/c18-15-8-4-7-14(11-15)17-16(9-10-19-17)20-12-13-5-2-1-3-6-13/h1-8,11,16-17,19-20H,9-10,12H2/t16-,17-/m1/s1. The van der Waals surface area contributed by atoms with Crippen molar-refractivity contribution in [3.8, 4) is 0 Å². The maximum absolute atomic E-state index is 6.10. The van der Waals surface area contributed by atoms with Gasteiger partial charge in [-0.25, -0.2) is 0 Å². The Morgan fingerprint density at radius 1 is 1.10 bits per heavy atom. The van der Waals surface area contributed by atoms with Gasteiger partial charge in [-0.1, -0.05) is 54.1 Å². The van der Waals surface area contributed by atoms with Crippen LogP contribution in [0.2, 0.25) is 5.02 Å². The number of hydrogen-bond acceptors (Lipinski definition) is 2. The highest BCUT2D eigenvalue weighted by molar-refractivity contribution is 6.30. The van der Waals surface area contributed by atoms with Crippen LogP contribution >= 0.6 is 11.6 Å². The third-order valence-corrected chi connectivity index (χ3v) is 4.08. The lowest BCUT2D eigenvalue weighted by molar-refractivity contribution is 0.461. The van der Waals surface area contributed by atoms with Gasteiger partial charge in [0.1, 0.15) is 0 Å². The Kier molecular flexibility index (Phi) is 4.36. The summed E-state index contributed by atoms with van der Waals surface area (Å²) in [5.74, 6) is 0. The van der Waals surface area contributed by atoms with Crippen molar-refractivity contribution >= 4 is 11.6 Å². The van der Waals surface area contributed by atoms with E-state index in [1.165, 1.54) is 11.1 Å². The second-order valence-corrected chi connectivity index (χ2v) is 5.68. The molecule has 0 aromatic heterocycles. The van der Waals surface area contributed by atoms with Gasteiger partial charge in [0.05, 0.1) is 0 Å². The van der Waals surface area contributed by atoms with Crippen molar-refractivity contribution < 1.29 is 0 Å². The number of halogens is 1. The molecule has 0 saturated carbocycles. The minimum absolute atomic E-state index is 0.345. The van der Waals surface area contributed by atoms with Crippen LogP contribution in [0.15, 0.2) is 54.6 Å². The molecule has 2 atom stereocenters. The zero-order valence-corrected chi connectivity index (χ0v) is 12.1. The maximum atomic E-state index is 6.10. The van der Waals surface area contributed by atoms with Crippen LogP contribution in [0.25, 0.3) is 0 Å². The molecule has 0 bridgehead atoms. The summed E-state index contributed by atoms with van der Waals surface area (Å²) in [6.45, 7) is 1.95. The minimum Gasteiger partial charge on any atom is -0.309 e. The molecule has 0 amide bonds. The Labute approximate surface area is 125 Å². The van der Waals surface area contributed by atoms with Crippen molar-refractivity contribution in [3.05, 3.63) is 70.7 Å². The van der Waals surface area contributed by atoms with Gasteiger partial charge in [-0.05, 0) is 36.2 Å². The van der Waals surface area contributed by atoms with Crippen molar-refractivity contribution in [3.63, 3.8) is 0 Å². The van der Waals surface area contributed by atoms with E-state index in [0.717, 1.165) is 24.5 Å². The first-order chi connectivity index (χ1) is 9.83. The summed E-state index contributed by atoms with van der Waals surface area (Å²) < 4.78 is 0. The highest BCUT2D eigenvalue weighted by atomic mass is 35.5. The molecule has 1 heterocycles. The van der Waals surface area contributed by atoms with Gasteiger partial charge >= 0.3 is 0 Å². The highest BCUT2D eigenvalue weighted by Crippen LogP contribution is 2.26. The van der Waals surface area contributed by atoms with Crippen LogP contribution in [0.1, 0.15) is 23.6 Å². The summed E-state index contributed by atoms with van der Waals surface area (Å²) in [5, 5.41) is 8.03. The zero-order chi connectivity index (χ0) is 13.8. The van der Waals surface area contributed by atoms with Gasteiger partial charge in [0.2, 0.25) is 0 Å². The fraction of sp³-hybridized carbons (Fsp3) is 0.294. The van der Waals surface area contributed by atoms with Gasteiger partial charge in [0.25, 0.3) is 0 Å². The van der Waals surface area contributed by atoms with Crippen LogP contribution in [-0.2, 0) is 6.54 Å². The first-order valence-corrected chi connectivity index (χ1v) is 7.47. The van der Waals surface area contributed by atoms with Gasteiger partial charge in [-0.15, -0.1) is 0 Å². The Morgan fingerprint density at radius 2 is 1.95 bits per heavy atom. The topological polar surface area (TPSA) is 24.1 Å². The molecular formula is C17H19ClN2. The average molecular weight is 287 g/mol. The second kappa shape index (κ2) is 6.40. The molecule has 0 aliphatic carbocycles. The molecular weight excluding hydrogens is 268 g/mol. The SMILES string of the molecule is Clc1cccc([C@H]2NCC[C@H]2NCc2ccccc2)c1. The highest BCUT2D eigenvalue weighted by Gasteiger charge is 2.27. The van der Waals surface area contributed by atoms with Gasteiger partial charge < -0.3 is 10.6 Å². The fourth-order valence-corrected chi connectivity index (χ4v) is 3.02. The van der Waals surface area contributed by atoms with Crippen molar-refractivity contribution in [1.82, 2.24) is 10.6 Å². The average Bonchev–Trinajstić information content (AvgIpc) is 2.95. The van der Waals surface area contributed by atoms with E-state index < -0.39 is 0 Å². The Bertz CT molecular complexity index is 556. The summed E-state index contributed by atoms with van der Waals surface area (Å²) in [4.78, 5) is 0. The van der Waals surface area contributed by atoms with Gasteiger partial charge in [0.15, 0.2) is 0 Å². The van der Waals surface area contributed by atoms with Crippen LogP contribution in [0, 0.1) is 0 Å². The molecule has 20 heavy (non-hydrogen) atoms. The number of nitrogens with one attached hydrogen (secondary N) is 2. The van der Waals surface area contributed by atoms with E-state index in [4.69, 9.17) is 11.6 Å². The normalized spacial score (nSPS) is 22.1. The van der Waals surface area contributed by atoms with Crippen LogP contribution < -0.4 is 10.6 Å². The number of benzene rings is 2. The summed E-state index contributed by atoms with van der Waals surface area (Å²) in [6, 6.07) is 19.5. The molecule has 0 unspecified atom stereocenters. The molecule has 3 rings (SSSR count). The molecule has 2 nitrogen and oxygen atoms in total. The van der Waals surface area contributed by atoms with Crippen molar-refractivity contribution in [2.24, 2.45) is 0 Å². The van der Waals surface area contributed by atoms with E-state index in [1.54, 1.807) is 0 Å². The number of hydrogen-bond donors (Lipinski definition) is 2.